The van der Waals surface area contributed by atoms with Gasteiger partial charge in [-0.2, -0.15) is 0 Å². The van der Waals surface area contributed by atoms with Gasteiger partial charge in [0.05, 0.1) is 17.4 Å². The molecule has 0 bridgehead atoms. The van der Waals surface area contributed by atoms with Crippen molar-refractivity contribution >= 4 is 40.7 Å². The first kappa shape index (κ1) is 31.5. The summed E-state index contributed by atoms with van der Waals surface area (Å²) in [7, 11) is 3.89. The zero-order valence-electron chi connectivity index (χ0n) is 23.9. The highest BCUT2D eigenvalue weighted by Crippen LogP contribution is 2.28. The third kappa shape index (κ3) is 10.8. The van der Waals surface area contributed by atoms with Crippen LogP contribution in [0.15, 0.2) is 53.4 Å². The Bertz CT molecular complexity index is 1310. The van der Waals surface area contributed by atoms with Crippen molar-refractivity contribution < 1.29 is 23.5 Å². The summed E-state index contributed by atoms with van der Waals surface area (Å²) in [5.41, 5.74) is 2.05. The van der Waals surface area contributed by atoms with Crippen LogP contribution in [-0.4, -0.2) is 60.7 Å². The number of carbonyl (C=O) groups is 3. The van der Waals surface area contributed by atoms with E-state index in [1.807, 2.05) is 19.0 Å². The first-order valence-corrected chi connectivity index (χ1v) is 14.1. The second kappa shape index (κ2) is 14.6. The van der Waals surface area contributed by atoms with E-state index in [-0.39, 0.29) is 23.6 Å². The number of benzene rings is 1. The van der Waals surface area contributed by atoms with E-state index in [2.05, 4.69) is 26.3 Å². The van der Waals surface area contributed by atoms with Crippen molar-refractivity contribution in [2.24, 2.45) is 0 Å². The molecule has 41 heavy (non-hydrogen) atoms. The molecule has 0 saturated carbocycles. The van der Waals surface area contributed by atoms with E-state index in [1.165, 1.54) is 23.5 Å². The molecule has 0 aliphatic carbocycles. The first-order chi connectivity index (χ1) is 19.4. The Morgan fingerprint density at radius 2 is 1.71 bits per heavy atom. The van der Waals surface area contributed by atoms with Crippen LogP contribution in [0, 0.1) is 5.82 Å². The minimum absolute atomic E-state index is 0.179. The SMILES string of the molecule is CN(C)CCC(NC(=O)NCCc1ccc(F)cc1)c1ccc(C(=O)Nc2cscc2NC(=O)OC(C)(C)C)nc1. The molecule has 1 atom stereocenters. The number of ether oxygens (including phenoxy) is 1. The molecule has 12 heteroatoms. The molecule has 3 aromatic rings. The number of carbonyl (C=O) groups excluding carboxylic acids is 3. The van der Waals surface area contributed by atoms with Gasteiger partial charge in [0.15, 0.2) is 0 Å². The van der Waals surface area contributed by atoms with Crippen molar-refractivity contribution in [1.82, 2.24) is 20.5 Å². The maximum Gasteiger partial charge on any atom is 0.412 e. The van der Waals surface area contributed by atoms with E-state index in [9.17, 15) is 18.8 Å². The number of nitrogens with one attached hydrogen (secondary N) is 4. The van der Waals surface area contributed by atoms with Crippen LogP contribution in [0.3, 0.4) is 0 Å². The molecule has 0 fully saturated rings. The second-order valence-electron chi connectivity index (χ2n) is 10.7. The molecule has 3 rings (SSSR count). The summed E-state index contributed by atoms with van der Waals surface area (Å²) in [6, 6.07) is 8.84. The van der Waals surface area contributed by atoms with E-state index in [1.54, 1.807) is 62.0 Å². The number of hydrogen-bond donors (Lipinski definition) is 4. The van der Waals surface area contributed by atoms with Gasteiger partial charge in [-0.3, -0.25) is 15.1 Å². The number of anilines is 2. The first-order valence-electron chi connectivity index (χ1n) is 13.2. The smallest absolute Gasteiger partial charge is 0.412 e. The number of thiophene rings is 1. The van der Waals surface area contributed by atoms with Gasteiger partial charge < -0.3 is 25.6 Å². The van der Waals surface area contributed by atoms with Crippen molar-refractivity contribution in [3.63, 3.8) is 0 Å². The van der Waals surface area contributed by atoms with Crippen LogP contribution in [-0.2, 0) is 11.2 Å². The lowest BCUT2D eigenvalue weighted by atomic mass is 10.1. The minimum atomic E-state index is -0.654. The number of nitrogens with zero attached hydrogens (tertiary/aromatic N) is 2. The van der Waals surface area contributed by atoms with Gasteiger partial charge in [-0.1, -0.05) is 18.2 Å². The van der Waals surface area contributed by atoms with Crippen LogP contribution in [0.1, 0.15) is 54.8 Å². The Balaban J connectivity index is 1.60. The predicted molar refractivity (Wildman–Crippen MR) is 159 cm³/mol. The molecular formula is C29H37FN6O4S. The molecule has 1 aromatic carbocycles. The molecular weight excluding hydrogens is 547 g/mol. The average Bonchev–Trinajstić information content (AvgIpc) is 3.32. The molecule has 220 valence electrons. The molecule has 0 saturated heterocycles. The third-order valence-electron chi connectivity index (χ3n) is 5.75. The topological polar surface area (TPSA) is 125 Å². The molecule has 2 heterocycles. The maximum absolute atomic E-state index is 13.1. The number of pyridine rings is 1. The van der Waals surface area contributed by atoms with E-state index in [4.69, 9.17) is 4.74 Å². The number of amides is 4. The van der Waals surface area contributed by atoms with Crippen molar-refractivity contribution in [2.75, 3.05) is 37.8 Å². The number of aromatic nitrogens is 1. The fraction of sp³-hybridized carbons (Fsp3) is 0.379. The van der Waals surface area contributed by atoms with Crippen LogP contribution in [0.4, 0.5) is 25.4 Å². The van der Waals surface area contributed by atoms with Gasteiger partial charge in [0, 0.05) is 23.5 Å². The van der Waals surface area contributed by atoms with Crippen molar-refractivity contribution in [2.45, 2.75) is 45.3 Å². The fourth-order valence-electron chi connectivity index (χ4n) is 3.73. The Labute approximate surface area is 243 Å². The lowest BCUT2D eigenvalue weighted by Crippen LogP contribution is -2.39. The number of urea groups is 1. The van der Waals surface area contributed by atoms with Crippen LogP contribution < -0.4 is 21.3 Å². The molecule has 4 amide bonds. The predicted octanol–water partition coefficient (Wildman–Crippen LogP) is 5.42. The normalized spacial score (nSPS) is 12.0. The molecule has 10 nitrogen and oxygen atoms in total. The molecule has 0 aliphatic heterocycles. The fourth-order valence-corrected chi connectivity index (χ4v) is 4.44. The van der Waals surface area contributed by atoms with Gasteiger partial charge in [-0.05, 0) is 83.6 Å². The Hall–Kier alpha value is -4.03. The van der Waals surface area contributed by atoms with Gasteiger partial charge in [-0.15, -0.1) is 11.3 Å². The second-order valence-corrected chi connectivity index (χ2v) is 11.4. The molecule has 1 unspecified atom stereocenters. The lowest BCUT2D eigenvalue weighted by molar-refractivity contribution is 0.0635. The standard InChI is InChI=1S/C29H37FN6O4S/c1-29(2,3)40-28(39)35-25-18-41-17-24(25)33-26(37)23-11-8-20(16-32-23)22(13-15-36(4)5)34-27(38)31-14-12-19-6-9-21(30)10-7-19/h6-11,16-18,22H,12-15H2,1-5H3,(H,33,37)(H,35,39)(H2,31,34,38). The summed E-state index contributed by atoms with van der Waals surface area (Å²) in [5.74, 6) is -0.745. The minimum Gasteiger partial charge on any atom is -0.444 e. The Morgan fingerprint density at radius 1 is 1.02 bits per heavy atom. The summed E-state index contributed by atoms with van der Waals surface area (Å²) in [4.78, 5) is 44.0. The quantitative estimate of drug-likeness (QED) is 0.239. The van der Waals surface area contributed by atoms with E-state index < -0.39 is 17.6 Å². The summed E-state index contributed by atoms with van der Waals surface area (Å²) in [5, 5.41) is 14.6. The Morgan fingerprint density at radius 3 is 2.32 bits per heavy atom. The van der Waals surface area contributed by atoms with Gasteiger partial charge in [0.2, 0.25) is 0 Å². The van der Waals surface area contributed by atoms with Gasteiger partial charge in [0.25, 0.3) is 5.91 Å². The Kier molecular flexibility index (Phi) is 11.2. The molecule has 0 aliphatic rings. The van der Waals surface area contributed by atoms with Crippen molar-refractivity contribution in [3.8, 4) is 0 Å². The van der Waals surface area contributed by atoms with Crippen molar-refractivity contribution in [3.05, 3.63) is 76.0 Å². The van der Waals surface area contributed by atoms with Gasteiger partial charge in [-0.25, -0.2) is 14.0 Å². The zero-order valence-corrected chi connectivity index (χ0v) is 24.7. The molecule has 4 N–H and O–H groups in total. The van der Waals surface area contributed by atoms with Crippen LogP contribution in [0.5, 0.6) is 0 Å². The largest absolute Gasteiger partial charge is 0.444 e. The van der Waals surface area contributed by atoms with Crippen LogP contribution in [0.25, 0.3) is 0 Å². The van der Waals surface area contributed by atoms with E-state index >= 15 is 0 Å². The van der Waals surface area contributed by atoms with Gasteiger partial charge in [0.1, 0.15) is 17.1 Å². The van der Waals surface area contributed by atoms with Crippen LogP contribution >= 0.6 is 11.3 Å². The molecule has 0 spiro atoms. The number of hydrogen-bond acceptors (Lipinski definition) is 7. The van der Waals surface area contributed by atoms with E-state index in [0.717, 1.165) is 11.1 Å². The highest BCUT2D eigenvalue weighted by molar-refractivity contribution is 7.09. The highest BCUT2D eigenvalue weighted by Gasteiger charge is 2.20. The third-order valence-corrected chi connectivity index (χ3v) is 6.49. The van der Waals surface area contributed by atoms with E-state index in [0.29, 0.717) is 37.3 Å². The monoisotopic (exact) mass is 584 g/mol. The number of halogens is 1. The molecule has 0 radical (unpaired) electrons. The lowest BCUT2D eigenvalue weighted by Gasteiger charge is -2.21. The van der Waals surface area contributed by atoms with Crippen molar-refractivity contribution in [1.29, 1.82) is 0 Å². The highest BCUT2D eigenvalue weighted by atomic mass is 32.1. The zero-order chi connectivity index (χ0) is 30.0. The molecule has 2 aromatic heterocycles. The summed E-state index contributed by atoms with van der Waals surface area (Å²) < 4.78 is 18.4. The maximum atomic E-state index is 13.1. The van der Waals surface area contributed by atoms with Gasteiger partial charge >= 0.3 is 12.1 Å². The average molecular weight is 585 g/mol. The summed E-state index contributed by atoms with van der Waals surface area (Å²) in [6.07, 6.45) is 2.15. The number of rotatable bonds is 11. The summed E-state index contributed by atoms with van der Waals surface area (Å²) in [6.45, 7) is 6.40. The van der Waals surface area contributed by atoms with Crippen LogP contribution in [0.2, 0.25) is 0 Å². The summed E-state index contributed by atoms with van der Waals surface area (Å²) >= 11 is 1.32.